The first-order valence-electron chi connectivity index (χ1n) is 11.2. The molecule has 0 bridgehead atoms. The van der Waals surface area contributed by atoms with E-state index in [1.165, 1.54) is 16.5 Å². The molecule has 0 saturated carbocycles. The fourth-order valence-corrected chi connectivity index (χ4v) is 3.81. The average Bonchev–Trinajstić information content (AvgIpc) is 2.81. The molecule has 4 heteroatoms. The number of benzene rings is 2. The number of fused-ring (bicyclic) bond motifs is 1. The number of pyridine rings is 1. The molecule has 3 rings (SSSR count). The van der Waals surface area contributed by atoms with Gasteiger partial charge in [0.1, 0.15) is 5.75 Å². The highest BCUT2D eigenvalue weighted by atomic mass is 16.5. The van der Waals surface area contributed by atoms with E-state index < -0.39 is 0 Å². The lowest BCUT2D eigenvalue weighted by atomic mass is 9.94. The molecule has 4 nitrogen and oxygen atoms in total. The molecule has 0 fully saturated rings. The Morgan fingerprint density at radius 2 is 1.94 bits per heavy atom. The molecule has 162 valence electrons. The first-order chi connectivity index (χ1) is 15.2. The van der Waals surface area contributed by atoms with Crippen molar-refractivity contribution in [3.05, 3.63) is 77.6 Å². The summed E-state index contributed by atoms with van der Waals surface area (Å²) in [6.45, 7) is 2.88. The summed E-state index contributed by atoms with van der Waals surface area (Å²) in [7, 11) is 1.70. The smallest absolute Gasteiger partial charge is 0.243 e. The predicted octanol–water partition coefficient (Wildman–Crippen LogP) is 5.74. The molecule has 0 unspecified atom stereocenters. The van der Waals surface area contributed by atoms with E-state index >= 15 is 0 Å². The van der Waals surface area contributed by atoms with E-state index in [0.29, 0.717) is 6.54 Å². The number of aromatic nitrogens is 1. The molecule has 0 spiro atoms. The van der Waals surface area contributed by atoms with Crippen LogP contribution in [0.2, 0.25) is 0 Å². The number of hydrogen-bond acceptors (Lipinski definition) is 3. The quantitative estimate of drug-likeness (QED) is 0.320. The van der Waals surface area contributed by atoms with Gasteiger partial charge in [-0.2, -0.15) is 0 Å². The predicted molar refractivity (Wildman–Crippen MR) is 128 cm³/mol. The monoisotopic (exact) mass is 416 g/mol. The Kier molecular flexibility index (Phi) is 8.65. The van der Waals surface area contributed by atoms with E-state index in [-0.39, 0.29) is 5.91 Å². The maximum absolute atomic E-state index is 12.3. The Bertz CT molecular complexity index is 1010. The van der Waals surface area contributed by atoms with Crippen molar-refractivity contribution in [3.8, 4) is 5.75 Å². The number of nitrogens with one attached hydrogen (secondary N) is 1. The zero-order valence-corrected chi connectivity index (χ0v) is 18.6. The van der Waals surface area contributed by atoms with E-state index in [1.807, 2.05) is 30.5 Å². The van der Waals surface area contributed by atoms with Gasteiger partial charge in [0.15, 0.2) is 0 Å². The van der Waals surface area contributed by atoms with Gasteiger partial charge in [0.2, 0.25) is 5.91 Å². The second-order valence-corrected chi connectivity index (χ2v) is 7.74. The number of hydrogen-bond donors (Lipinski definition) is 1. The molecule has 1 N–H and O–H groups in total. The first-order valence-corrected chi connectivity index (χ1v) is 11.2. The number of carbonyl (C=O) groups is 1. The van der Waals surface area contributed by atoms with Gasteiger partial charge in [-0.25, -0.2) is 0 Å². The minimum absolute atomic E-state index is 0.0476. The minimum Gasteiger partial charge on any atom is -0.496 e. The minimum atomic E-state index is -0.0476. The van der Waals surface area contributed by atoms with Gasteiger partial charge >= 0.3 is 0 Å². The zero-order chi connectivity index (χ0) is 21.9. The average molecular weight is 417 g/mol. The first kappa shape index (κ1) is 22.5. The van der Waals surface area contributed by atoms with Crippen molar-refractivity contribution >= 4 is 22.8 Å². The van der Waals surface area contributed by atoms with Crippen molar-refractivity contribution in [2.45, 2.75) is 45.4 Å². The summed E-state index contributed by atoms with van der Waals surface area (Å²) in [5, 5.41) is 5.31. The van der Waals surface area contributed by atoms with Gasteiger partial charge in [-0.05, 0) is 72.4 Å². The van der Waals surface area contributed by atoms with Crippen LogP contribution in [-0.2, 0) is 17.6 Å². The summed E-state index contributed by atoms with van der Waals surface area (Å²) in [6.07, 6.45) is 13.5. The van der Waals surface area contributed by atoms with Gasteiger partial charge in [0, 0.05) is 30.4 Å². The Hall–Kier alpha value is -3.14. The fourth-order valence-electron chi connectivity index (χ4n) is 3.81. The Balaban J connectivity index is 1.61. The molecule has 2 aromatic carbocycles. The van der Waals surface area contributed by atoms with Gasteiger partial charge in [0.05, 0.1) is 7.11 Å². The number of unbranched alkanes of at least 4 members (excludes halogenated alkanes) is 2. The lowest BCUT2D eigenvalue weighted by Crippen LogP contribution is -2.22. The largest absolute Gasteiger partial charge is 0.496 e. The molecule has 0 aliphatic heterocycles. The number of carbonyl (C=O) groups excluding carboxylic acids is 1. The van der Waals surface area contributed by atoms with Crippen LogP contribution in [0.15, 0.2) is 60.9 Å². The van der Waals surface area contributed by atoms with E-state index in [2.05, 4.69) is 41.5 Å². The Morgan fingerprint density at radius 1 is 1.03 bits per heavy atom. The number of methoxy groups -OCH3 is 1. The maximum Gasteiger partial charge on any atom is 0.243 e. The Morgan fingerprint density at radius 3 is 2.71 bits per heavy atom. The lowest BCUT2D eigenvalue weighted by Gasteiger charge is -2.13. The van der Waals surface area contributed by atoms with Crippen molar-refractivity contribution in [1.29, 1.82) is 0 Å². The second kappa shape index (κ2) is 11.9. The fraction of sp³-hybridized carbons (Fsp3) is 0.333. The molecule has 1 amide bonds. The normalized spacial score (nSPS) is 11.2. The molecule has 0 aliphatic carbocycles. The van der Waals surface area contributed by atoms with Crippen molar-refractivity contribution < 1.29 is 9.53 Å². The number of nitrogens with zero attached hydrogens (tertiary/aromatic N) is 1. The van der Waals surface area contributed by atoms with Crippen LogP contribution in [-0.4, -0.2) is 24.5 Å². The van der Waals surface area contributed by atoms with E-state index in [1.54, 1.807) is 19.4 Å². The summed E-state index contributed by atoms with van der Waals surface area (Å²) in [6, 6.07) is 14.4. The second-order valence-electron chi connectivity index (χ2n) is 7.74. The van der Waals surface area contributed by atoms with Crippen LogP contribution >= 0.6 is 0 Å². The molecular formula is C27H32N2O2. The molecule has 1 heterocycles. The lowest BCUT2D eigenvalue weighted by molar-refractivity contribution is -0.116. The van der Waals surface area contributed by atoms with E-state index in [9.17, 15) is 4.79 Å². The summed E-state index contributed by atoms with van der Waals surface area (Å²) in [5.41, 5.74) is 3.61. The van der Waals surface area contributed by atoms with Gasteiger partial charge in [-0.1, -0.05) is 43.7 Å². The van der Waals surface area contributed by atoms with Crippen LogP contribution in [0, 0.1) is 0 Å². The summed E-state index contributed by atoms with van der Waals surface area (Å²) in [4.78, 5) is 16.4. The van der Waals surface area contributed by atoms with Gasteiger partial charge in [0.25, 0.3) is 0 Å². The zero-order valence-electron chi connectivity index (χ0n) is 18.6. The standard InChI is InChI=1S/C27H32N2O2/c1-3-4-11-23-22(14-16-25-24(23)12-7-13-26(25)31-2)15-17-27(30)29-19-6-5-9-21-10-8-18-28-20-21/h7-8,10,12-18,20H,3-6,9,11,19H2,1-2H3,(H,29,30). The molecule has 3 aromatic rings. The highest BCUT2D eigenvalue weighted by molar-refractivity contribution is 5.96. The van der Waals surface area contributed by atoms with E-state index in [4.69, 9.17) is 4.74 Å². The molecular weight excluding hydrogens is 384 g/mol. The number of rotatable bonds is 11. The van der Waals surface area contributed by atoms with Crippen molar-refractivity contribution in [2.75, 3.05) is 13.7 Å². The molecule has 0 radical (unpaired) electrons. The van der Waals surface area contributed by atoms with Crippen molar-refractivity contribution in [3.63, 3.8) is 0 Å². The van der Waals surface area contributed by atoms with Crippen LogP contribution in [0.4, 0.5) is 0 Å². The molecule has 0 aliphatic rings. The van der Waals surface area contributed by atoms with Crippen LogP contribution in [0.25, 0.3) is 16.8 Å². The highest BCUT2D eigenvalue weighted by Crippen LogP contribution is 2.31. The molecule has 31 heavy (non-hydrogen) atoms. The Labute approximate surface area is 185 Å². The highest BCUT2D eigenvalue weighted by Gasteiger charge is 2.09. The van der Waals surface area contributed by atoms with E-state index in [0.717, 1.165) is 55.2 Å². The third-order valence-corrected chi connectivity index (χ3v) is 5.50. The molecule has 1 aromatic heterocycles. The molecule has 0 saturated heterocycles. The molecule has 0 atom stereocenters. The van der Waals surface area contributed by atoms with Crippen LogP contribution in [0.3, 0.4) is 0 Å². The van der Waals surface area contributed by atoms with Gasteiger partial charge in [-0.3, -0.25) is 9.78 Å². The maximum atomic E-state index is 12.3. The van der Waals surface area contributed by atoms with Crippen LogP contribution in [0.1, 0.15) is 49.3 Å². The number of aryl methyl sites for hydroxylation is 2. The van der Waals surface area contributed by atoms with Crippen LogP contribution < -0.4 is 10.1 Å². The van der Waals surface area contributed by atoms with Crippen LogP contribution in [0.5, 0.6) is 5.75 Å². The number of amides is 1. The summed E-state index contributed by atoms with van der Waals surface area (Å²) >= 11 is 0. The van der Waals surface area contributed by atoms with Gasteiger partial charge < -0.3 is 10.1 Å². The van der Waals surface area contributed by atoms with Crippen molar-refractivity contribution in [2.24, 2.45) is 0 Å². The third kappa shape index (κ3) is 6.42. The SMILES string of the molecule is CCCCc1c(C=CC(=O)NCCCCc2cccnc2)ccc2c(OC)cccc12. The third-order valence-electron chi connectivity index (χ3n) is 5.50. The summed E-state index contributed by atoms with van der Waals surface area (Å²) in [5.74, 6) is 0.836. The van der Waals surface area contributed by atoms with Crippen molar-refractivity contribution in [1.82, 2.24) is 10.3 Å². The van der Waals surface area contributed by atoms with Gasteiger partial charge in [-0.15, -0.1) is 0 Å². The summed E-state index contributed by atoms with van der Waals surface area (Å²) < 4.78 is 5.53. The number of ether oxygens (including phenoxy) is 1. The topological polar surface area (TPSA) is 51.2 Å².